The third kappa shape index (κ3) is 2.87. The zero-order valence-electron chi connectivity index (χ0n) is 9.65. The van der Waals surface area contributed by atoms with Crippen molar-refractivity contribution in [2.45, 2.75) is 33.4 Å². The molecule has 0 aromatic carbocycles. The summed E-state index contributed by atoms with van der Waals surface area (Å²) in [5.74, 6) is 0. The third-order valence-electron chi connectivity index (χ3n) is 2.26. The van der Waals surface area contributed by atoms with Crippen LogP contribution in [0.1, 0.15) is 32.7 Å². The fourth-order valence-corrected chi connectivity index (χ4v) is 2.95. The standard InChI is InChI=1S/C11H15N3S2/c1-7-4-14-11(15-7)8(2)12-5-10-6-13-9(3)16-10/h4,6,8,12H,5H2,1-3H3. The zero-order chi connectivity index (χ0) is 11.5. The molecule has 5 heteroatoms. The Balaban J connectivity index is 1.91. The number of hydrogen-bond acceptors (Lipinski definition) is 5. The molecule has 1 atom stereocenters. The Morgan fingerprint density at radius 2 is 2.06 bits per heavy atom. The van der Waals surface area contributed by atoms with Crippen LogP contribution in [-0.4, -0.2) is 9.97 Å². The van der Waals surface area contributed by atoms with Crippen molar-refractivity contribution in [3.05, 3.63) is 32.2 Å². The SMILES string of the molecule is Cc1cnc(C(C)NCc2cnc(C)s2)s1. The van der Waals surface area contributed by atoms with Gasteiger partial charge >= 0.3 is 0 Å². The van der Waals surface area contributed by atoms with Crippen LogP contribution >= 0.6 is 22.7 Å². The first-order valence-electron chi connectivity index (χ1n) is 5.22. The Hall–Kier alpha value is -0.780. The maximum Gasteiger partial charge on any atom is 0.109 e. The van der Waals surface area contributed by atoms with Crippen molar-refractivity contribution in [1.29, 1.82) is 0 Å². The van der Waals surface area contributed by atoms with Gasteiger partial charge in [-0.25, -0.2) is 9.97 Å². The van der Waals surface area contributed by atoms with E-state index in [1.165, 1.54) is 9.75 Å². The van der Waals surface area contributed by atoms with E-state index in [2.05, 4.69) is 29.1 Å². The van der Waals surface area contributed by atoms with E-state index in [0.717, 1.165) is 16.6 Å². The van der Waals surface area contributed by atoms with E-state index in [9.17, 15) is 0 Å². The number of thiazole rings is 2. The lowest BCUT2D eigenvalue weighted by atomic mass is 10.3. The summed E-state index contributed by atoms with van der Waals surface area (Å²) in [7, 11) is 0. The van der Waals surface area contributed by atoms with Crippen LogP contribution in [0.2, 0.25) is 0 Å². The molecule has 0 aliphatic carbocycles. The summed E-state index contributed by atoms with van der Waals surface area (Å²) in [6, 6.07) is 0.307. The molecule has 2 aromatic heterocycles. The summed E-state index contributed by atoms with van der Waals surface area (Å²) in [6.07, 6.45) is 3.86. The number of rotatable bonds is 4. The van der Waals surface area contributed by atoms with E-state index in [-0.39, 0.29) is 0 Å². The van der Waals surface area contributed by atoms with Crippen LogP contribution < -0.4 is 5.32 Å². The van der Waals surface area contributed by atoms with E-state index >= 15 is 0 Å². The minimum Gasteiger partial charge on any atom is -0.303 e. The van der Waals surface area contributed by atoms with Crippen molar-refractivity contribution in [3.63, 3.8) is 0 Å². The highest BCUT2D eigenvalue weighted by atomic mass is 32.1. The monoisotopic (exact) mass is 253 g/mol. The average molecular weight is 253 g/mol. The lowest BCUT2D eigenvalue weighted by molar-refractivity contribution is 0.575. The number of aromatic nitrogens is 2. The normalized spacial score (nSPS) is 12.9. The molecule has 0 spiro atoms. The summed E-state index contributed by atoms with van der Waals surface area (Å²) >= 11 is 3.49. The van der Waals surface area contributed by atoms with Gasteiger partial charge < -0.3 is 5.32 Å². The van der Waals surface area contributed by atoms with E-state index in [1.54, 1.807) is 22.7 Å². The van der Waals surface area contributed by atoms with Gasteiger partial charge in [-0.1, -0.05) is 0 Å². The Morgan fingerprint density at radius 3 is 2.62 bits per heavy atom. The number of nitrogens with zero attached hydrogens (tertiary/aromatic N) is 2. The summed E-state index contributed by atoms with van der Waals surface area (Å²) < 4.78 is 0. The molecule has 0 aliphatic rings. The van der Waals surface area contributed by atoms with Gasteiger partial charge in [0.1, 0.15) is 5.01 Å². The van der Waals surface area contributed by atoms with Gasteiger partial charge in [0, 0.05) is 28.7 Å². The largest absolute Gasteiger partial charge is 0.303 e. The topological polar surface area (TPSA) is 37.8 Å². The number of aryl methyl sites for hydroxylation is 2. The Bertz CT molecular complexity index is 461. The van der Waals surface area contributed by atoms with Gasteiger partial charge in [0.15, 0.2) is 0 Å². The van der Waals surface area contributed by atoms with Crippen molar-refractivity contribution in [3.8, 4) is 0 Å². The molecule has 0 saturated heterocycles. The second kappa shape index (κ2) is 5.03. The maximum atomic E-state index is 4.38. The molecule has 2 rings (SSSR count). The number of hydrogen-bond donors (Lipinski definition) is 1. The van der Waals surface area contributed by atoms with Crippen molar-refractivity contribution in [1.82, 2.24) is 15.3 Å². The maximum absolute atomic E-state index is 4.38. The van der Waals surface area contributed by atoms with Crippen LogP contribution in [0.25, 0.3) is 0 Å². The van der Waals surface area contributed by atoms with Gasteiger partial charge in [-0.05, 0) is 20.8 Å². The summed E-state index contributed by atoms with van der Waals surface area (Å²) in [6.45, 7) is 7.12. The molecule has 16 heavy (non-hydrogen) atoms. The van der Waals surface area contributed by atoms with Crippen molar-refractivity contribution in [2.24, 2.45) is 0 Å². The fourth-order valence-electron chi connectivity index (χ4n) is 1.40. The fraction of sp³-hybridized carbons (Fsp3) is 0.455. The number of nitrogens with one attached hydrogen (secondary N) is 1. The van der Waals surface area contributed by atoms with Crippen LogP contribution in [0, 0.1) is 13.8 Å². The smallest absolute Gasteiger partial charge is 0.109 e. The van der Waals surface area contributed by atoms with E-state index in [1.807, 2.05) is 19.3 Å². The predicted octanol–water partition coefficient (Wildman–Crippen LogP) is 3.07. The molecule has 0 saturated carbocycles. The molecule has 0 amide bonds. The minimum atomic E-state index is 0.307. The van der Waals surface area contributed by atoms with Crippen molar-refractivity contribution in [2.75, 3.05) is 0 Å². The summed E-state index contributed by atoms with van der Waals surface area (Å²) in [4.78, 5) is 11.2. The molecule has 0 aliphatic heterocycles. The highest BCUT2D eigenvalue weighted by molar-refractivity contribution is 7.11. The summed E-state index contributed by atoms with van der Waals surface area (Å²) in [5.41, 5.74) is 0. The molecular weight excluding hydrogens is 238 g/mol. The van der Waals surface area contributed by atoms with Crippen molar-refractivity contribution >= 4 is 22.7 Å². The first-order chi connectivity index (χ1) is 7.65. The highest BCUT2D eigenvalue weighted by Crippen LogP contribution is 2.20. The first-order valence-corrected chi connectivity index (χ1v) is 6.85. The van der Waals surface area contributed by atoms with E-state index < -0.39 is 0 Å². The van der Waals surface area contributed by atoms with Gasteiger partial charge in [0.05, 0.1) is 11.0 Å². The Morgan fingerprint density at radius 1 is 1.25 bits per heavy atom. The van der Waals surface area contributed by atoms with Gasteiger partial charge in [-0.3, -0.25) is 0 Å². The molecule has 1 N–H and O–H groups in total. The molecule has 0 fully saturated rings. The predicted molar refractivity (Wildman–Crippen MR) is 69.0 cm³/mol. The summed E-state index contributed by atoms with van der Waals surface area (Å²) in [5, 5.41) is 5.73. The lowest BCUT2D eigenvalue weighted by Crippen LogP contribution is -2.17. The van der Waals surface area contributed by atoms with Crippen LogP contribution in [0.15, 0.2) is 12.4 Å². The zero-order valence-corrected chi connectivity index (χ0v) is 11.3. The first kappa shape index (κ1) is 11.7. The Kier molecular flexibility index (Phi) is 3.68. The van der Waals surface area contributed by atoms with Crippen LogP contribution in [-0.2, 0) is 6.54 Å². The van der Waals surface area contributed by atoms with Gasteiger partial charge in [0.2, 0.25) is 0 Å². The van der Waals surface area contributed by atoms with Gasteiger partial charge in [-0.15, -0.1) is 22.7 Å². The van der Waals surface area contributed by atoms with E-state index in [0.29, 0.717) is 6.04 Å². The molecular formula is C11H15N3S2. The van der Waals surface area contributed by atoms with E-state index in [4.69, 9.17) is 0 Å². The highest BCUT2D eigenvalue weighted by Gasteiger charge is 2.09. The lowest BCUT2D eigenvalue weighted by Gasteiger charge is -2.09. The average Bonchev–Trinajstić information content (AvgIpc) is 2.84. The molecule has 0 bridgehead atoms. The molecule has 0 radical (unpaired) electrons. The molecule has 2 heterocycles. The Labute approximate surface area is 104 Å². The third-order valence-corrected chi connectivity index (χ3v) is 4.27. The van der Waals surface area contributed by atoms with Crippen LogP contribution in [0.4, 0.5) is 0 Å². The van der Waals surface area contributed by atoms with Gasteiger partial charge in [-0.2, -0.15) is 0 Å². The van der Waals surface area contributed by atoms with Crippen LogP contribution in [0.3, 0.4) is 0 Å². The second-order valence-electron chi connectivity index (χ2n) is 3.76. The molecule has 3 nitrogen and oxygen atoms in total. The molecule has 1 unspecified atom stereocenters. The molecule has 86 valence electrons. The second-order valence-corrected chi connectivity index (χ2v) is 6.34. The quantitative estimate of drug-likeness (QED) is 0.910. The van der Waals surface area contributed by atoms with Gasteiger partial charge in [0.25, 0.3) is 0 Å². The molecule has 2 aromatic rings. The van der Waals surface area contributed by atoms with Crippen molar-refractivity contribution < 1.29 is 0 Å². The van der Waals surface area contributed by atoms with Crippen LogP contribution in [0.5, 0.6) is 0 Å². The minimum absolute atomic E-state index is 0.307.